The number of nitrogens with one attached hydrogen (secondary N) is 1. The summed E-state index contributed by atoms with van der Waals surface area (Å²) < 4.78 is 6.41. The largest absolute Gasteiger partial charge is 0.389 e. The van der Waals surface area contributed by atoms with Crippen LogP contribution in [0, 0.1) is 13.8 Å². The number of nitrogens with zero attached hydrogens (tertiary/aromatic N) is 2. The molecule has 0 saturated carbocycles. The van der Waals surface area contributed by atoms with E-state index in [9.17, 15) is 14.7 Å². The molecule has 1 aromatic rings. The third-order valence-corrected chi connectivity index (χ3v) is 3.32. The van der Waals surface area contributed by atoms with Crippen LogP contribution in [0.2, 0.25) is 0 Å². The fraction of sp³-hybridized carbons (Fsp3) is 0.615. The predicted molar refractivity (Wildman–Crippen MR) is 71.3 cm³/mol. The molecule has 0 unspecified atom stereocenters. The third kappa shape index (κ3) is 3.43. The maximum atomic E-state index is 12.0. The molecule has 1 aromatic heterocycles. The van der Waals surface area contributed by atoms with Crippen molar-refractivity contribution in [3.63, 3.8) is 0 Å². The quantitative estimate of drug-likeness (QED) is 0.751. The van der Waals surface area contributed by atoms with E-state index < -0.39 is 11.8 Å². The number of hydrogen-bond acceptors (Lipinski definition) is 5. The van der Waals surface area contributed by atoms with E-state index in [1.165, 1.54) is 4.57 Å². The van der Waals surface area contributed by atoms with Gasteiger partial charge in [0.05, 0.1) is 18.8 Å². The minimum Gasteiger partial charge on any atom is -0.389 e. The van der Waals surface area contributed by atoms with Gasteiger partial charge in [0.15, 0.2) is 0 Å². The lowest BCUT2D eigenvalue weighted by Gasteiger charge is -2.28. The maximum Gasteiger partial charge on any atom is 0.348 e. The van der Waals surface area contributed by atoms with Gasteiger partial charge in [-0.2, -0.15) is 4.98 Å². The molecule has 7 heteroatoms. The molecule has 0 spiro atoms. The highest BCUT2D eigenvalue weighted by atomic mass is 16.5. The van der Waals surface area contributed by atoms with Gasteiger partial charge >= 0.3 is 5.69 Å². The summed E-state index contributed by atoms with van der Waals surface area (Å²) in [6, 6.07) is 1.42. The van der Waals surface area contributed by atoms with E-state index in [4.69, 9.17) is 4.74 Å². The second-order valence-corrected chi connectivity index (χ2v) is 5.01. The highest BCUT2D eigenvalue weighted by Crippen LogP contribution is 2.07. The Labute approximate surface area is 116 Å². The minimum absolute atomic E-state index is 0.0952. The number of rotatable bonds is 3. The summed E-state index contributed by atoms with van der Waals surface area (Å²) in [5, 5.41) is 12.4. The molecule has 1 aliphatic rings. The van der Waals surface area contributed by atoms with E-state index >= 15 is 0 Å². The topological polar surface area (TPSA) is 93.5 Å². The van der Waals surface area contributed by atoms with Crippen molar-refractivity contribution >= 4 is 5.91 Å². The first-order valence-corrected chi connectivity index (χ1v) is 6.57. The van der Waals surface area contributed by atoms with E-state index in [1.54, 1.807) is 19.9 Å². The van der Waals surface area contributed by atoms with Crippen LogP contribution in [0.3, 0.4) is 0 Å². The van der Waals surface area contributed by atoms with Gasteiger partial charge in [-0.1, -0.05) is 0 Å². The zero-order chi connectivity index (χ0) is 14.7. The molecule has 7 nitrogen and oxygen atoms in total. The van der Waals surface area contributed by atoms with Crippen molar-refractivity contribution in [3.05, 3.63) is 27.9 Å². The number of carbonyl (C=O) groups is 1. The minimum atomic E-state index is -0.707. The van der Waals surface area contributed by atoms with E-state index in [0.717, 1.165) is 0 Å². The van der Waals surface area contributed by atoms with Crippen molar-refractivity contribution in [2.45, 2.75) is 39.0 Å². The zero-order valence-corrected chi connectivity index (χ0v) is 11.6. The number of hydrogen-bond donors (Lipinski definition) is 2. The third-order valence-electron chi connectivity index (χ3n) is 3.32. The average molecular weight is 281 g/mol. The van der Waals surface area contributed by atoms with Crippen molar-refractivity contribution in [2.75, 3.05) is 13.2 Å². The van der Waals surface area contributed by atoms with Gasteiger partial charge in [0.25, 0.3) is 0 Å². The Morgan fingerprint density at radius 2 is 2.35 bits per heavy atom. The molecule has 2 rings (SSSR count). The number of aliphatic hydroxyl groups excluding tert-OH is 1. The molecule has 1 amide bonds. The standard InChI is InChI=1S/C13H19N3O4/c1-8-5-9(2)16(13(19)14-8)6-12(18)15-10-3-4-20-7-11(10)17/h5,10-11,17H,3-4,6-7H2,1-2H3,(H,15,18)/t10-,11-/m1/s1. The SMILES string of the molecule is Cc1cc(C)n(CC(=O)N[C@@H]2CCOC[C@H]2O)c(=O)n1. The molecular formula is C13H19N3O4. The van der Waals surface area contributed by atoms with E-state index in [1.807, 2.05) is 0 Å². The Morgan fingerprint density at radius 3 is 3.00 bits per heavy atom. The number of amides is 1. The summed E-state index contributed by atoms with van der Waals surface area (Å²) in [6.07, 6.45) is -0.144. The zero-order valence-electron chi connectivity index (χ0n) is 11.6. The molecule has 2 atom stereocenters. The van der Waals surface area contributed by atoms with Gasteiger partial charge in [-0.3, -0.25) is 9.36 Å². The van der Waals surface area contributed by atoms with Crippen LogP contribution in [0.1, 0.15) is 17.8 Å². The molecule has 2 N–H and O–H groups in total. The normalized spacial score (nSPS) is 22.6. The molecule has 1 saturated heterocycles. The molecule has 1 fully saturated rings. The monoisotopic (exact) mass is 281 g/mol. The van der Waals surface area contributed by atoms with Crippen LogP contribution in [0.4, 0.5) is 0 Å². The first kappa shape index (κ1) is 14.7. The van der Waals surface area contributed by atoms with Crippen LogP contribution in [-0.2, 0) is 16.1 Å². The summed E-state index contributed by atoms with van der Waals surface area (Å²) in [6.45, 7) is 4.12. The van der Waals surface area contributed by atoms with Crippen molar-refractivity contribution in [3.8, 4) is 0 Å². The van der Waals surface area contributed by atoms with Crippen molar-refractivity contribution in [1.29, 1.82) is 0 Å². The maximum absolute atomic E-state index is 12.0. The Balaban J connectivity index is 2.03. The van der Waals surface area contributed by atoms with Crippen LogP contribution >= 0.6 is 0 Å². The van der Waals surface area contributed by atoms with Crippen LogP contribution in [0.5, 0.6) is 0 Å². The Bertz CT molecular complexity index is 555. The fourth-order valence-electron chi connectivity index (χ4n) is 2.25. The van der Waals surface area contributed by atoms with Gasteiger partial charge < -0.3 is 15.2 Å². The molecule has 2 heterocycles. The highest BCUT2D eigenvalue weighted by molar-refractivity contribution is 5.76. The van der Waals surface area contributed by atoms with Crippen molar-refractivity contribution in [2.24, 2.45) is 0 Å². The Kier molecular flexibility index (Phi) is 4.51. The first-order chi connectivity index (χ1) is 9.47. The smallest absolute Gasteiger partial charge is 0.348 e. The van der Waals surface area contributed by atoms with Gasteiger partial charge in [0.2, 0.25) is 5.91 Å². The van der Waals surface area contributed by atoms with Crippen molar-refractivity contribution < 1.29 is 14.6 Å². The Hall–Kier alpha value is -1.73. The number of carbonyl (C=O) groups excluding carboxylic acids is 1. The Morgan fingerprint density at radius 1 is 1.60 bits per heavy atom. The molecule has 0 aromatic carbocycles. The van der Waals surface area contributed by atoms with Gasteiger partial charge in [0.1, 0.15) is 6.54 Å². The molecule has 110 valence electrons. The summed E-state index contributed by atoms with van der Waals surface area (Å²) >= 11 is 0. The summed E-state index contributed by atoms with van der Waals surface area (Å²) in [4.78, 5) is 27.5. The predicted octanol–water partition coefficient (Wildman–Crippen LogP) is -0.874. The van der Waals surface area contributed by atoms with Gasteiger partial charge in [-0.25, -0.2) is 4.79 Å². The lowest BCUT2D eigenvalue weighted by atomic mass is 10.1. The van der Waals surface area contributed by atoms with Gasteiger partial charge in [0, 0.05) is 18.0 Å². The lowest BCUT2D eigenvalue weighted by Crippen LogP contribution is -2.50. The van der Waals surface area contributed by atoms with Gasteiger partial charge in [-0.05, 0) is 26.3 Å². The van der Waals surface area contributed by atoms with E-state index in [-0.39, 0.29) is 25.1 Å². The van der Waals surface area contributed by atoms with Crippen LogP contribution < -0.4 is 11.0 Å². The summed E-state index contributed by atoms with van der Waals surface area (Å²) in [5.41, 5.74) is 0.874. The van der Waals surface area contributed by atoms with E-state index in [2.05, 4.69) is 10.3 Å². The highest BCUT2D eigenvalue weighted by Gasteiger charge is 2.25. The summed E-state index contributed by atoms with van der Waals surface area (Å²) in [5.74, 6) is -0.313. The van der Waals surface area contributed by atoms with Gasteiger partial charge in [-0.15, -0.1) is 0 Å². The first-order valence-electron chi connectivity index (χ1n) is 6.57. The lowest BCUT2D eigenvalue weighted by molar-refractivity contribution is -0.125. The number of aliphatic hydroxyl groups is 1. The fourth-order valence-corrected chi connectivity index (χ4v) is 2.25. The molecule has 0 aliphatic carbocycles. The molecule has 1 aliphatic heterocycles. The molecule has 0 radical (unpaired) electrons. The summed E-state index contributed by atoms with van der Waals surface area (Å²) in [7, 11) is 0. The van der Waals surface area contributed by atoms with Crippen molar-refractivity contribution in [1.82, 2.24) is 14.9 Å². The molecule has 0 bridgehead atoms. The molecule has 20 heavy (non-hydrogen) atoms. The second kappa shape index (κ2) is 6.15. The van der Waals surface area contributed by atoms with E-state index in [0.29, 0.717) is 24.4 Å². The van der Waals surface area contributed by atoms with Crippen LogP contribution in [-0.4, -0.2) is 45.9 Å². The number of ether oxygens (including phenoxy) is 1. The second-order valence-electron chi connectivity index (χ2n) is 5.01. The average Bonchev–Trinajstić information content (AvgIpc) is 2.36. The van der Waals surface area contributed by atoms with Crippen LogP contribution in [0.15, 0.2) is 10.9 Å². The molecular weight excluding hydrogens is 262 g/mol. The number of aryl methyl sites for hydroxylation is 2. The van der Waals surface area contributed by atoms with Crippen LogP contribution in [0.25, 0.3) is 0 Å². The number of aromatic nitrogens is 2.